The molecule has 21 heavy (non-hydrogen) atoms. The quantitative estimate of drug-likeness (QED) is 0.782. The molecule has 2 rings (SSSR count). The second-order valence-electron chi connectivity index (χ2n) is 6.37. The van der Waals surface area contributed by atoms with Gasteiger partial charge >= 0.3 is 0 Å². The molecule has 4 heteroatoms. The predicted molar refractivity (Wildman–Crippen MR) is 84.1 cm³/mol. The van der Waals surface area contributed by atoms with E-state index in [0.29, 0.717) is 10.6 Å². The van der Waals surface area contributed by atoms with Crippen LogP contribution in [0.25, 0.3) is 0 Å². The van der Waals surface area contributed by atoms with Crippen molar-refractivity contribution in [3.63, 3.8) is 0 Å². The minimum atomic E-state index is -0.385. The Morgan fingerprint density at radius 2 is 2.10 bits per heavy atom. The van der Waals surface area contributed by atoms with E-state index in [1.165, 1.54) is 0 Å². The molecular formula is C17H19ClN2O. The molecule has 1 aliphatic rings. The molecule has 0 aliphatic heterocycles. The summed E-state index contributed by atoms with van der Waals surface area (Å²) in [5.41, 5.74) is 1.86. The molecule has 1 saturated carbocycles. The van der Waals surface area contributed by atoms with Crippen molar-refractivity contribution in [2.45, 2.75) is 26.2 Å². The van der Waals surface area contributed by atoms with Crippen molar-refractivity contribution in [1.29, 1.82) is 5.26 Å². The van der Waals surface area contributed by atoms with Crippen LogP contribution in [-0.2, 0) is 4.79 Å². The first-order chi connectivity index (χ1) is 9.76. The Bertz CT molecular complexity index is 653. The van der Waals surface area contributed by atoms with Gasteiger partial charge in [0.05, 0.1) is 11.6 Å². The average molecular weight is 303 g/mol. The highest BCUT2D eigenvalue weighted by Gasteiger charge is 2.44. The van der Waals surface area contributed by atoms with Crippen LogP contribution < -0.4 is 0 Å². The zero-order valence-electron chi connectivity index (χ0n) is 12.8. The van der Waals surface area contributed by atoms with Gasteiger partial charge in [0.2, 0.25) is 0 Å². The highest BCUT2D eigenvalue weighted by Crippen LogP contribution is 2.48. The van der Waals surface area contributed by atoms with Gasteiger partial charge in [-0.1, -0.05) is 31.5 Å². The number of allylic oxidation sites excluding steroid dienone is 1. The molecule has 1 aromatic carbocycles. The molecule has 1 atom stereocenters. The maximum absolute atomic E-state index is 12.6. The number of Topliss-reactive ketones (excluding diaryl/α,β-unsaturated/α-hetero) is 1. The topological polar surface area (TPSA) is 44.1 Å². The van der Waals surface area contributed by atoms with E-state index in [2.05, 4.69) is 6.07 Å². The smallest absolute Gasteiger partial charge is 0.166 e. The second kappa shape index (κ2) is 5.54. The van der Waals surface area contributed by atoms with Gasteiger partial charge in [0, 0.05) is 42.2 Å². The van der Waals surface area contributed by atoms with Crippen molar-refractivity contribution in [3.8, 4) is 6.07 Å². The van der Waals surface area contributed by atoms with Crippen molar-refractivity contribution >= 4 is 17.4 Å². The fourth-order valence-corrected chi connectivity index (χ4v) is 3.16. The first-order valence-corrected chi connectivity index (χ1v) is 7.26. The maximum atomic E-state index is 12.6. The second-order valence-corrected chi connectivity index (χ2v) is 6.77. The van der Waals surface area contributed by atoms with Crippen LogP contribution in [0, 0.1) is 16.7 Å². The SMILES string of the molecule is CN(C)/C=C1\C(=O)C(C)(C)C[C@@H]1c1ccc(C#N)cc1Cl. The van der Waals surface area contributed by atoms with E-state index in [0.717, 1.165) is 17.6 Å². The van der Waals surface area contributed by atoms with Gasteiger partial charge in [-0.2, -0.15) is 5.26 Å². The summed E-state index contributed by atoms with van der Waals surface area (Å²) < 4.78 is 0. The summed E-state index contributed by atoms with van der Waals surface area (Å²) >= 11 is 6.33. The number of nitriles is 1. The number of rotatable bonds is 2. The third-order valence-electron chi connectivity index (χ3n) is 3.87. The van der Waals surface area contributed by atoms with E-state index in [1.54, 1.807) is 12.1 Å². The first-order valence-electron chi connectivity index (χ1n) is 6.89. The van der Waals surface area contributed by atoms with Gasteiger partial charge in [0.1, 0.15) is 0 Å². The lowest BCUT2D eigenvalue weighted by Gasteiger charge is -2.16. The molecule has 0 radical (unpaired) electrons. The van der Waals surface area contributed by atoms with Crippen LogP contribution in [-0.4, -0.2) is 24.8 Å². The summed E-state index contributed by atoms with van der Waals surface area (Å²) in [4.78, 5) is 14.5. The third kappa shape index (κ3) is 2.96. The molecule has 1 aromatic rings. The lowest BCUT2D eigenvalue weighted by Crippen LogP contribution is -2.18. The lowest BCUT2D eigenvalue weighted by molar-refractivity contribution is -0.121. The number of halogens is 1. The van der Waals surface area contributed by atoms with Crippen LogP contribution in [0.2, 0.25) is 5.02 Å². The van der Waals surface area contributed by atoms with Gasteiger partial charge in [-0.3, -0.25) is 4.79 Å². The molecule has 0 heterocycles. The molecule has 0 unspecified atom stereocenters. The number of hydrogen-bond donors (Lipinski definition) is 0. The van der Waals surface area contributed by atoms with Crippen LogP contribution in [0.1, 0.15) is 37.3 Å². The Balaban J connectivity index is 2.52. The number of benzene rings is 1. The van der Waals surface area contributed by atoms with Crippen molar-refractivity contribution < 1.29 is 4.79 Å². The number of carbonyl (C=O) groups is 1. The van der Waals surface area contributed by atoms with E-state index in [4.69, 9.17) is 16.9 Å². The summed E-state index contributed by atoms with van der Waals surface area (Å²) in [7, 11) is 3.81. The van der Waals surface area contributed by atoms with Gasteiger partial charge in [-0.05, 0) is 24.1 Å². The molecule has 0 bridgehead atoms. The van der Waals surface area contributed by atoms with Crippen molar-refractivity contribution in [2.75, 3.05) is 14.1 Å². The highest BCUT2D eigenvalue weighted by molar-refractivity contribution is 6.31. The van der Waals surface area contributed by atoms with Crippen LogP contribution in [0.5, 0.6) is 0 Å². The summed E-state index contributed by atoms with van der Waals surface area (Å²) in [5, 5.41) is 9.48. The van der Waals surface area contributed by atoms with Gasteiger partial charge in [-0.15, -0.1) is 0 Å². The normalized spacial score (nSPS) is 22.4. The molecule has 0 saturated heterocycles. The van der Waals surface area contributed by atoms with Gasteiger partial charge in [-0.25, -0.2) is 0 Å². The summed E-state index contributed by atoms with van der Waals surface area (Å²) in [6, 6.07) is 7.37. The molecule has 110 valence electrons. The third-order valence-corrected chi connectivity index (χ3v) is 4.20. The van der Waals surface area contributed by atoms with Gasteiger partial charge < -0.3 is 4.90 Å². The first kappa shape index (κ1) is 15.6. The average Bonchev–Trinajstić information content (AvgIpc) is 2.61. The molecular weight excluding hydrogens is 284 g/mol. The fourth-order valence-electron chi connectivity index (χ4n) is 2.85. The van der Waals surface area contributed by atoms with E-state index in [-0.39, 0.29) is 17.1 Å². The van der Waals surface area contributed by atoms with E-state index >= 15 is 0 Å². The molecule has 1 aliphatic carbocycles. The number of carbonyl (C=O) groups excluding carboxylic acids is 1. The molecule has 0 spiro atoms. The zero-order valence-corrected chi connectivity index (χ0v) is 13.5. The standard InChI is InChI=1S/C17H19ClN2O/c1-17(2)8-13(14(16(17)21)10-20(3)4)12-6-5-11(9-19)7-15(12)18/h5-7,10,13H,8H2,1-4H3/b14-10-/t13-/m1/s1. The fraction of sp³-hybridized carbons (Fsp3) is 0.412. The Morgan fingerprint density at radius 1 is 1.43 bits per heavy atom. The van der Waals surface area contributed by atoms with Crippen LogP contribution in [0.3, 0.4) is 0 Å². The van der Waals surface area contributed by atoms with Gasteiger partial charge in [0.25, 0.3) is 0 Å². The Labute approximate surface area is 130 Å². The molecule has 0 N–H and O–H groups in total. The monoisotopic (exact) mass is 302 g/mol. The highest BCUT2D eigenvalue weighted by atomic mass is 35.5. The number of ketones is 1. The predicted octanol–water partition coefficient (Wildman–Crippen LogP) is 3.74. The lowest BCUT2D eigenvalue weighted by atomic mass is 9.88. The molecule has 1 fully saturated rings. The van der Waals surface area contributed by atoms with E-state index in [9.17, 15) is 4.79 Å². The van der Waals surface area contributed by atoms with Crippen molar-refractivity contribution in [1.82, 2.24) is 4.90 Å². The van der Waals surface area contributed by atoms with Crippen molar-refractivity contribution in [3.05, 3.63) is 46.1 Å². The largest absolute Gasteiger partial charge is 0.383 e. The molecule has 0 aromatic heterocycles. The molecule has 3 nitrogen and oxygen atoms in total. The Hall–Kier alpha value is -1.79. The number of hydrogen-bond acceptors (Lipinski definition) is 3. The number of nitrogens with zero attached hydrogens (tertiary/aromatic N) is 2. The zero-order chi connectivity index (χ0) is 15.8. The molecule has 0 amide bonds. The van der Waals surface area contributed by atoms with Gasteiger partial charge in [0.15, 0.2) is 5.78 Å². The summed E-state index contributed by atoms with van der Waals surface area (Å²) in [5.74, 6) is 0.150. The summed E-state index contributed by atoms with van der Waals surface area (Å²) in [6.45, 7) is 3.94. The van der Waals surface area contributed by atoms with Crippen LogP contribution in [0.4, 0.5) is 0 Å². The van der Waals surface area contributed by atoms with Crippen LogP contribution in [0.15, 0.2) is 30.0 Å². The summed E-state index contributed by atoms with van der Waals surface area (Å²) in [6.07, 6.45) is 2.62. The Morgan fingerprint density at radius 3 is 2.62 bits per heavy atom. The Kier molecular flexibility index (Phi) is 4.11. The maximum Gasteiger partial charge on any atom is 0.166 e. The van der Waals surface area contributed by atoms with E-state index < -0.39 is 0 Å². The minimum Gasteiger partial charge on any atom is -0.383 e. The van der Waals surface area contributed by atoms with E-state index in [1.807, 2.05) is 45.1 Å². The van der Waals surface area contributed by atoms with Crippen molar-refractivity contribution in [2.24, 2.45) is 5.41 Å². The van der Waals surface area contributed by atoms with Crippen LogP contribution >= 0.6 is 11.6 Å². The minimum absolute atomic E-state index is 0.0184.